The molecule has 3 aromatic carbocycles. The van der Waals surface area contributed by atoms with Crippen LogP contribution in [0.1, 0.15) is 5.56 Å². The van der Waals surface area contributed by atoms with Crippen molar-refractivity contribution in [1.29, 1.82) is 0 Å². The number of aryl methyl sites for hydroxylation is 1. The smallest absolute Gasteiger partial charge is 0.324 e. The van der Waals surface area contributed by atoms with E-state index in [1.165, 1.54) is 35.2 Å². The lowest BCUT2D eigenvalue weighted by molar-refractivity contribution is 0.218. The van der Waals surface area contributed by atoms with Gasteiger partial charge >= 0.3 is 6.03 Å². The first kappa shape index (κ1) is 29.3. The molecule has 5 rings (SSSR count). The first-order chi connectivity index (χ1) is 20.6. The van der Waals surface area contributed by atoms with Crippen LogP contribution in [0.3, 0.4) is 0 Å². The summed E-state index contributed by atoms with van der Waals surface area (Å²) in [4.78, 5) is 40.2. The van der Waals surface area contributed by atoms with Crippen LogP contribution in [0.15, 0.2) is 83.7 Å². The minimum Gasteiger partial charge on any atom is -0.342 e. The molecule has 43 heavy (non-hydrogen) atoms. The van der Waals surface area contributed by atoms with Gasteiger partial charge in [0, 0.05) is 56.9 Å². The van der Waals surface area contributed by atoms with Crippen LogP contribution in [0.25, 0.3) is 28.0 Å². The Balaban J connectivity index is 1.58. The van der Waals surface area contributed by atoms with Crippen LogP contribution in [0.2, 0.25) is 0 Å². The van der Waals surface area contributed by atoms with Crippen molar-refractivity contribution in [2.45, 2.75) is 6.92 Å². The van der Waals surface area contributed by atoms with E-state index < -0.39 is 28.7 Å². The first-order valence-corrected chi connectivity index (χ1v) is 13.5. The Kier molecular flexibility index (Phi) is 8.16. The molecule has 11 heteroatoms. The molecule has 8 nitrogen and oxygen atoms in total. The van der Waals surface area contributed by atoms with Gasteiger partial charge in [-0.05, 0) is 61.0 Å². The molecule has 0 saturated heterocycles. The van der Waals surface area contributed by atoms with Gasteiger partial charge in [-0.2, -0.15) is 4.98 Å². The highest BCUT2D eigenvalue weighted by Crippen LogP contribution is 2.32. The van der Waals surface area contributed by atoms with Gasteiger partial charge in [0.15, 0.2) is 5.65 Å². The molecule has 0 aliphatic carbocycles. The number of likely N-dealkylation sites (N-methyl/N-ethyl adjacent to an activating group) is 2. The summed E-state index contributed by atoms with van der Waals surface area (Å²) in [6.07, 6.45) is 0. The Bertz CT molecular complexity index is 1860. The van der Waals surface area contributed by atoms with E-state index in [9.17, 15) is 22.8 Å². The molecule has 0 aliphatic heterocycles. The van der Waals surface area contributed by atoms with Gasteiger partial charge in [0.1, 0.15) is 23.1 Å². The molecule has 0 radical (unpaired) electrons. The molecular formula is C32H29F3N6O2. The first-order valence-electron chi connectivity index (χ1n) is 13.5. The molecule has 0 bridgehead atoms. The molecule has 0 fully saturated rings. The number of urea groups is 1. The van der Waals surface area contributed by atoms with Crippen molar-refractivity contribution < 1.29 is 18.0 Å². The number of pyridine rings is 1. The summed E-state index contributed by atoms with van der Waals surface area (Å²) in [6, 6.07) is 19.2. The Morgan fingerprint density at radius 2 is 1.53 bits per heavy atom. The lowest BCUT2D eigenvalue weighted by Gasteiger charge is -2.27. The zero-order valence-corrected chi connectivity index (χ0v) is 24.1. The molecular weight excluding hydrogens is 557 g/mol. The van der Waals surface area contributed by atoms with E-state index in [0.29, 0.717) is 22.2 Å². The second-order valence-electron chi connectivity index (χ2n) is 10.2. The van der Waals surface area contributed by atoms with E-state index in [-0.39, 0.29) is 30.7 Å². The standard InChI is InChI=1S/C32H29F3N6O2/c1-20-19-21(33)13-14-23(20)28-24-15-16-27(42)41(29-25(34)11-8-12-26(29)35)30(24)37-31(36-28)38(2)17-18-39(3)32(43)40(4)22-9-6-5-7-10-22/h5-16,19H,17-18H2,1-4H3. The lowest BCUT2D eigenvalue weighted by atomic mass is 10.0. The number of fused-ring (bicyclic) bond motifs is 1. The fourth-order valence-corrected chi connectivity index (χ4v) is 4.80. The van der Waals surface area contributed by atoms with Crippen LogP contribution in [-0.2, 0) is 0 Å². The second-order valence-corrected chi connectivity index (χ2v) is 10.2. The zero-order chi connectivity index (χ0) is 30.8. The average Bonchev–Trinajstić information content (AvgIpc) is 2.99. The summed E-state index contributed by atoms with van der Waals surface area (Å²) in [5, 5.41) is 0.339. The fourth-order valence-electron chi connectivity index (χ4n) is 4.80. The molecule has 0 aliphatic rings. The van der Waals surface area contributed by atoms with Crippen LogP contribution >= 0.6 is 0 Å². The number of benzene rings is 3. The summed E-state index contributed by atoms with van der Waals surface area (Å²) in [7, 11) is 5.06. The van der Waals surface area contributed by atoms with Crippen LogP contribution in [0, 0.1) is 24.4 Å². The number of amides is 2. The monoisotopic (exact) mass is 586 g/mol. The van der Waals surface area contributed by atoms with E-state index in [1.54, 1.807) is 43.9 Å². The molecule has 220 valence electrons. The molecule has 2 heterocycles. The average molecular weight is 587 g/mol. The van der Waals surface area contributed by atoms with E-state index >= 15 is 0 Å². The normalized spacial score (nSPS) is 11.0. The van der Waals surface area contributed by atoms with Crippen molar-refractivity contribution in [3.8, 4) is 16.9 Å². The predicted octanol–water partition coefficient (Wildman–Crippen LogP) is 5.80. The summed E-state index contributed by atoms with van der Waals surface area (Å²) >= 11 is 0. The van der Waals surface area contributed by atoms with Crippen LogP contribution < -0.4 is 15.4 Å². The molecule has 0 N–H and O–H groups in total. The number of hydrogen-bond acceptors (Lipinski definition) is 5. The third kappa shape index (κ3) is 5.78. The van der Waals surface area contributed by atoms with Crippen molar-refractivity contribution in [3.05, 3.63) is 112 Å². The third-order valence-electron chi connectivity index (χ3n) is 7.21. The number of halogens is 3. The quantitative estimate of drug-likeness (QED) is 0.241. The van der Waals surface area contributed by atoms with E-state index in [1.807, 2.05) is 30.3 Å². The lowest BCUT2D eigenvalue weighted by Crippen LogP contribution is -2.42. The second kappa shape index (κ2) is 12.0. The summed E-state index contributed by atoms with van der Waals surface area (Å²) in [6.45, 7) is 2.28. The number of carbonyl (C=O) groups excluding carboxylic acids is 1. The third-order valence-corrected chi connectivity index (χ3v) is 7.21. The largest absolute Gasteiger partial charge is 0.342 e. The maximum Gasteiger partial charge on any atom is 0.324 e. The van der Waals surface area contributed by atoms with Gasteiger partial charge in [-0.3, -0.25) is 14.3 Å². The zero-order valence-electron chi connectivity index (χ0n) is 24.1. The highest BCUT2D eigenvalue weighted by Gasteiger charge is 2.22. The molecule has 0 saturated carbocycles. The Morgan fingerprint density at radius 3 is 2.21 bits per heavy atom. The maximum absolute atomic E-state index is 15.0. The predicted molar refractivity (Wildman–Crippen MR) is 161 cm³/mol. The van der Waals surface area contributed by atoms with Crippen molar-refractivity contribution >= 4 is 28.7 Å². The molecule has 0 unspecified atom stereocenters. The molecule has 2 aromatic heterocycles. The minimum absolute atomic E-state index is 0.0275. The highest BCUT2D eigenvalue weighted by molar-refractivity contribution is 5.93. The van der Waals surface area contributed by atoms with E-state index in [0.717, 1.165) is 22.4 Å². The van der Waals surface area contributed by atoms with Gasteiger partial charge in [-0.25, -0.2) is 22.9 Å². The number of aromatic nitrogens is 3. The van der Waals surface area contributed by atoms with Gasteiger partial charge < -0.3 is 9.80 Å². The molecule has 0 spiro atoms. The van der Waals surface area contributed by atoms with Crippen molar-refractivity contribution in [1.82, 2.24) is 19.4 Å². The number of hydrogen-bond donors (Lipinski definition) is 0. The van der Waals surface area contributed by atoms with Gasteiger partial charge in [0.2, 0.25) is 5.95 Å². The maximum atomic E-state index is 15.0. The number of carbonyl (C=O) groups is 1. The van der Waals surface area contributed by atoms with Gasteiger partial charge in [0.05, 0.1) is 5.69 Å². The molecule has 2 amide bonds. The summed E-state index contributed by atoms with van der Waals surface area (Å²) < 4.78 is 44.8. The number of anilines is 2. The number of rotatable bonds is 7. The van der Waals surface area contributed by atoms with Crippen molar-refractivity contribution in [2.75, 3.05) is 44.0 Å². The minimum atomic E-state index is -0.940. The van der Waals surface area contributed by atoms with Gasteiger partial charge in [-0.1, -0.05) is 24.3 Å². The molecule has 5 aromatic rings. The van der Waals surface area contributed by atoms with Crippen LogP contribution in [-0.4, -0.2) is 59.7 Å². The molecule has 0 atom stereocenters. The summed E-state index contributed by atoms with van der Waals surface area (Å²) in [5.74, 6) is -2.18. The van der Waals surface area contributed by atoms with E-state index in [2.05, 4.69) is 4.98 Å². The number of nitrogens with zero attached hydrogens (tertiary/aromatic N) is 6. The fraction of sp³-hybridized carbons (Fsp3) is 0.188. The van der Waals surface area contributed by atoms with Gasteiger partial charge in [0.25, 0.3) is 5.56 Å². The van der Waals surface area contributed by atoms with Crippen LogP contribution in [0.4, 0.5) is 29.6 Å². The Hall–Kier alpha value is -5.19. The topological polar surface area (TPSA) is 74.6 Å². The SMILES string of the molecule is Cc1cc(F)ccc1-c1nc(N(C)CCN(C)C(=O)N(C)c2ccccc2)nc2c1ccc(=O)n2-c1c(F)cccc1F. The highest BCUT2D eigenvalue weighted by atomic mass is 19.1. The van der Waals surface area contributed by atoms with Gasteiger partial charge in [-0.15, -0.1) is 0 Å². The van der Waals surface area contributed by atoms with Crippen molar-refractivity contribution in [2.24, 2.45) is 0 Å². The Labute approximate surface area is 246 Å². The Morgan fingerprint density at radius 1 is 0.837 bits per heavy atom. The van der Waals surface area contributed by atoms with E-state index in [4.69, 9.17) is 4.98 Å². The van der Waals surface area contributed by atoms with Crippen molar-refractivity contribution in [3.63, 3.8) is 0 Å². The number of para-hydroxylation sites is 2. The summed E-state index contributed by atoms with van der Waals surface area (Å²) in [5.41, 5.74) is 0.921. The van der Waals surface area contributed by atoms with Crippen LogP contribution in [0.5, 0.6) is 0 Å².